The lowest BCUT2D eigenvalue weighted by molar-refractivity contribution is 0.474. The summed E-state index contributed by atoms with van der Waals surface area (Å²) >= 11 is 0. The molecule has 1 rings (SSSR count). The summed E-state index contributed by atoms with van der Waals surface area (Å²) in [5.74, 6) is -0.0900. The van der Waals surface area contributed by atoms with E-state index in [4.69, 9.17) is 0 Å². The zero-order valence-electron chi connectivity index (χ0n) is 13.8. The Morgan fingerprint density at radius 3 is 2.05 bits per heavy atom. The van der Waals surface area contributed by atoms with Crippen molar-refractivity contribution in [2.75, 3.05) is 7.05 Å². The van der Waals surface area contributed by atoms with Gasteiger partial charge in [-0.25, -0.2) is 4.39 Å². The van der Waals surface area contributed by atoms with E-state index in [0.717, 1.165) is 12.0 Å². The molecule has 0 aliphatic rings. The summed E-state index contributed by atoms with van der Waals surface area (Å²) < 4.78 is 13.8. The molecule has 0 saturated heterocycles. The first-order chi connectivity index (χ1) is 10.3. The van der Waals surface area contributed by atoms with Gasteiger partial charge in [-0.3, -0.25) is 0 Å². The van der Waals surface area contributed by atoms with Crippen LogP contribution in [0.1, 0.15) is 82.7 Å². The molecule has 1 unspecified atom stereocenters. The van der Waals surface area contributed by atoms with Gasteiger partial charge in [-0.1, -0.05) is 82.9 Å². The van der Waals surface area contributed by atoms with Crippen LogP contribution in [0.25, 0.3) is 0 Å². The molecule has 1 N–H and O–H groups in total. The van der Waals surface area contributed by atoms with Gasteiger partial charge < -0.3 is 5.32 Å². The van der Waals surface area contributed by atoms with E-state index < -0.39 is 0 Å². The lowest BCUT2D eigenvalue weighted by atomic mass is 9.99. The second-order valence-electron chi connectivity index (χ2n) is 5.98. The first-order valence-corrected chi connectivity index (χ1v) is 8.71. The Hall–Kier alpha value is -0.890. The summed E-state index contributed by atoms with van der Waals surface area (Å²) in [4.78, 5) is 0. The summed E-state index contributed by atoms with van der Waals surface area (Å²) in [6, 6.07) is 7.26. The van der Waals surface area contributed by atoms with Crippen LogP contribution in [0.15, 0.2) is 24.3 Å². The molecule has 0 heterocycles. The van der Waals surface area contributed by atoms with Crippen LogP contribution in [0.5, 0.6) is 0 Å². The summed E-state index contributed by atoms with van der Waals surface area (Å²) in [6.45, 7) is 2.26. The average molecular weight is 293 g/mol. The molecule has 21 heavy (non-hydrogen) atoms. The Bertz CT molecular complexity index is 364. The predicted molar refractivity (Wildman–Crippen MR) is 90.0 cm³/mol. The molecule has 0 aliphatic heterocycles. The fourth-order valence-corrected chi connectivity index (χ4v) is 2.87. The zero-order valence-corrected chi connectivity index (χ0v) is 13.8. The van der Waals surface area contributed by atoms with Gasteiger partial charge in [0.25, 0.3) is 0 Å². The highest BCUT2D eigenvalue weighted by Crippen LogP contribution is 2.22. The number of halogens is 1. The van der Waals surface area contributed by atoms with Gasteiger partial charge in [0, 0.05) is 11.6 Å². The molecule has 0 radical (unpaired) electrons. The molecule has 0 aromatic heterocycles. The second kappa shape index (κ2) is 11.7. The molecule has 1 nitrogen and oxygen atoms in total. The van der Waals surface area contributed by atoms with Crippen LogP contribution >= 0.6 is 0 Å². The Kier molecular flexibility index (Phi) is 10.1. The van der Waals surface area contributed by atoms with Crippen LogP contribution < -0.4 is 5.32 Å². The van der Waals surface area contributed by atoms with Crippen molar-refractivity contribution in [2.24, 2.45) is 0 Å². The maximum atomic E-state index is 13.8. The molecule has 120 valence electrons. The first kappa shape index (κ1) is 18.2. The van der Waals surface area contributed by atoms with Gasteiger partial charge in [0.2, 0.25) is 0 Å². The van der Waals surface area contributed by atoms with E-state index in [9.17, 15) is 4.39 Å². The Balaban J connectivity index is 2.12. The first-order valence-electron chi connectivity index (χ1n) is 8.71. The number of unbranched alkanes of at least 4 members (excludes halogenated alkanes) is 8. The lowest BCUT2D eigenvalue weighted by Gasteiger charge is -2.17. The molecule has 1 aromatic rings. The molecule has 1 atom stereocenters. The van der Waals surface area contributed by atoms with Crippen LogP contribution in [-0.4, -0.2) is 7.05 Å². The van der Waals surface area contributed by atoms with E-state index in [-0.39, 0.29) is 11.9 Å². The van der Waals surface area contributed by atoms with Crippen molar-refractivity contribution in [3.63, 3.8) is 0 Å². The van der Waals surface area contributed by atoms with Gasteiger partial charge in [-0.15, -0.1) is 0 Å². The maximum absolute atomic E-state index is 13.8. The van der Waals surface area contributed by atoms with Gasteiger partial charge in [-0.2, -0.15) is 0 Å². The highest BCUT2D eigenvalue weighted by atomic mass is 19.1. The summed E-state index contributed by atoms with van der Waals surface area (Å²) in [5.41, 5.74) is 0.805. The Morgan fingerprint density at radius 1 is 0.905 bits per heavy atom. The number of hydrogen-bond donors (Lipinski definition) is 1. The van der Waals surface area contributed by atoms with E-state index in [1.54, 1.807) is 12.1 Å². The molecule has 0 bridgehead atoms. The zero-order chi connectivity index (χ0) is 15.3. The largest absolute Gasteiger partial charge is 0.313 e. The highest BCUT2D eigenvalue weighted by Gasteiger charge is 2.12. The van der Waals surface area contributed by atoms with Crippen molar-refractivity contribution in [3.05, 3.63) is 35.6 Å². The van der Waals surface area contributed by atoms with Crippen LogP contribution in [0.2, 0.25) is 0 Å². The monoisotopic (exact) mass is 293 g/mol. The molecule has 0 saturated carbocycles. The highest BCUT2D eigenvalue weighted by molar-refractivity contribution is 5.20. The van der Waals surface area contributed by atoms with Crippen LogP contribution in [-0.2, 0) is 0 Å². The normalized spacial score (nSPS) is 12.5. The number of nitrogens with one attached hydrogen (secondary N) is 1. The average Bonchev–Trinajstić information content (AvgIpc) is 2.50. The van der Waals surface area contributed by atoms with E-state index >= 15 is 0 Å². The molecule has 0 spiro atoms. The Labute approximate surface area is 130 Å². The second-order valence-corrected chi connectivity index (χ2v) is 5.98. The standard InChI is InChI=1S/C19H32FN/c1-3-4-5-6-7-8-9-10-11-16-19(21-2)17-14-12-13-15-18(17)20/h12-15,19,21H,3-11,16H2,1-2H3. The van der Waals surface area contributed by atoms with Crippen molar-refractivity contribution < 1.29 is 4.39 Å². The molecule has 0 amide bonds. The minimum absolute atomic E-state index is 0.0900. The molecular formula is C19H32FN. The minimum atomic E-state index is -0.0900. The van der Waals surface area contributed by atoms with Gasteiger partial charge in [0.05, 0.1) is 0 Å². The molecule has 0 fully saturated rings. The van der Waals surface area contributed by atoms with Gasteiger partial charge >= 0.3 is 0 Å². The van der Waals surface area contributed by atoms with Gasteiger partial charge in [-0.05, 0) is 19.5 Å². The van der Waals surface area contributed by atoms with Crippen molar-refractivity contribution in [1.82, 2.24) is 5.32 Å². The van der Waals surface area contributed by atoms with Gasteiger partial charge in [0.1, 0.15) is 5.82 Å². The van der Waals surface area contributed by atoms with E-state index in [2.05, 4.69) is 12.2 Å². The van der Waals surface area contributed by atoms with Crippen LogP contribution in [0.3, 0.4) is 0 Å². The molecular weight excluding hydrogens is 261 g/mol. The number of rotatable bonds is 12. The van der Waals surface area contributed by atoms with Crippen molar-refractivity contribution in [2.45, 2.75) is 77.2 Å². The minimum Gasteiger partial charge on any atom is -0.313 e. The van der Waals surface area contributed by atoms with Crippen molar-refractivity contribution in [1.29, 1.82) is 0 Å². The molecule has 2 heteroatoms. The fraction of sp³-hybridized carbons (Fsp3) is 0.684. The summed E-state index contributed by atoms with van der Waals surface area (Å²) in [7, 11) is 1.92. The molecule has 0 aliphatic carbocycles. The van der Waals surface area contributed by atoms with Crippen molar-refractivity contribution in [3.8, 4) is 0 Å². The number of benzene rings is 1. The smallest absolute Gasteiger partial charge is 0.127 e. The van der Waals surface area contributed by atoms with Crippen LogP contribution in [0.4, 0.5) is 4.39 Å². The predicted octanol–water partition coefficient (Wildman–Crippen LogP) is 6.01. The van der Waals surface area contributed by atoms with E-state index in [1.165, 1.54) is 57.8 Å². The molecule has 1 aromatic carbocycles. The fourth-order valence-electron chi connectivity index (χ4n) is 2.87. The van der Waals surface area contributed by atoms with Gasteiger partial charge in [0.15, 0.2) is 0 Å². The van der Waals surface area contributed by atoms with Crippen LogP contribution in [0, 0.1) is 5.82 Å². The third-order valence-corrected chi connectivity index (χ3v) is 4.23. The SMILES string of the molecule is CCCCCCCCCCCC(NC)c1ccccc1F. The summed E-state index contributed by atoms with van der Waals surface area (Å²) in [6.07, 6.45) is 13.0. The van der Waals surface area contributed by atoms with E-state index in [0.29, 0.717) is 0 Å². The summed E-state index contributed by atoms with van der Waals surface area (Å²) in [5, 5.41) is 3.24. The van der Waals surface area contributed by atoms with E-state index in [1.807, 2.05) is 19.2 Å². The third-order valence-electron chi connectivity index (χ3n) is 4.23. The quantitative estimate of drug-likeness (QED) is 0.465. The Morgan fingerprint density at radius 2 is 1.48 bits per heavy atom. The van der Waals surface area contributed by atoms with Crippen molar-refractivity contribution >= 4 is 0 Å². The maximum Gasteiger partial charge on any atom is 0.127 e. The lowest BCUT2D eigenvalue weighted by Crippen LogP contribution is -2.17. The third kappa shape index (κ3) is 7.61. The number of hydrogen-bond acceptors (Lipinski definition) is 1. The topological polar surface area (TPSA) is 12.0 Å².